The molecular formula is C22H31O2P. The SMILES string of the molecule is COc1cccc(OC)c1-c1ccccc1P(C(C)(C)C)C(C)(C)C. The van der Waals surface area contributed by atoms with E-state index in [1.54, 1.807) is 14.2 Å². The van der Waals surface area contributed by atoms with Crippen LogP contribution in [0.1, 0.15) is 41.5 Å². The van der Waals surface area contributed by atoms with Crippen LogP contribution in [0.25, 0.3) is 11.1 Å². The van der Waals surface area contributed by atoms with Gasteiger partial charge in [-0.1, -0.05) is 79.8 Å². The third-order valence-corrected chi connectivity index (χ3v) is 7.74. The van der Waals surface area contributed by atoms with Crippen LogP contribution in [0.4, 0.5) is 0 Å². The molecule has 0 aliphatic heterocycles. The normalized spacial score (nSPS) is 12.4. The third kappa shape index (κ3) is 4.18. The van der Waals surface area contributed by atoms with Gasteiger partial charge >= 0.3 is 0 Å². The summed E-state index contributed by atoms with van der Waals surface area (Å²) in [5.74, 6) is 1.70. The summed E-state index contributed by atoms with van der Waals surface area (Å²) in [6.45, 7) is 14.1. The highest BCUT2D eigenvalue weighted by atomic mass is 31.1. The van der Waals surface area contributed by atoms with Crippen molar-refractivity contribution >= 4 is 13.2 Å². The van der Waals surface area contributed by atoms with E-state index in [9.17, 15) is 0 Å². The summed E-state index contributed by atoms with van der Waals surface area (Å²) >= 11 is 0. The Morgan fingerprint density at radius 2 is 1.16 bits per heavy atom. The molecule has 0 fully saturated rings. The van der Waals surface area contributed by atoms with Gasteiger partial charge in [0.1, 0.15) is 11.5 Å². The molecule has 0 amide bonds. The average Bonchev–Trinajstić information content (AvgIpc) is 2.52. The molecule has 0 bridgehead atoms. The molecule has 0 heterocycles. The fourth-order valence-electron chi connectivity index (χ4n) is 3.73. The largest absolute Gasteiger partial charge is 0.496 e. The van der Waals surface area contributed by atoms with Crippen LogP contribution in [0.5, 0.6) is 11.5 Å². The molecule has 136 valence electrons. The molecule has 0 aromatic heterocycles. The van der Waals surface area contributed by atoms with Gasteiger partial charge in [0.25, 0.3) is 0 Å². The summed E-state index contributed by atoms with van der Waals surface area (Å²) in [5, 5.41) is 1.79. The van der Waals surface area contributed by atoms with Crippen LogP contribution in [0, 0.1) is 0 Å². The van der Waals surface area contributed by atoms with Crippen LogP contribution in [-0.4, -0.2) is 24.5 Å². The smallest absolute Gasteiger partial charge is 0.130 e. The van der Waals surface area contributed by atoms with E-state index in [2.05, 4.69) is 65.8 Å². The van der Waals surface area contributed by atoms with Crippen molar-refractivity contribution in [3.63, 3.8) is 0 Å². The van der Waals surface area contributed by atoms with E-state index in [-0.39, 0.29) is 10.3 Å². The summed E-state index contributed by atoms with van der Waals surface area (Å²) in [6.07, 6.45) is 0. The zero-order valence-electron chi connectivity index (χ0n) is 16.8. The van der Waals surface area contributed by atoms with Crippen molar-refractivity contribution in [1.29, 1.82) is 0 Å². The Morgan fingerprint density at radius 3 is 1.60 bits per heavy atom. The number of hydrogen-bond donors (Lipinski definition) is 0. The molecule has 0 saturated carbocycles. The van der Waals surface area contributed by atoms with E-state index in [0.29, 0.717) is 0 Å². The average molecular weight is 358 g/mol. The number of methoxy groups -OCH3 is 2. The summed E-state index contributed by atoms with van der Waals surface area (Å²) in [4.78, 5) is 0. The van der Waals surface area contributed by atoms with Gasteiger partial charge in [-0.25, -0.2) is 0 Å². The first-order valence-electron chi connectivity index (χ1n) is 8.72. The van der Waals surface area contributed by atoms with E-state index in [1.807, 2.05) is 18.2 Å². The van der Waals surface area contributed by atoms with Crippen LogP contribution in [-0.2, 0) is 0 Å². The third-order valence-electron chi connectivity index (χ3n) is 4.18. The lowest BCUT2D eigenvalue weighted by molar-refractivity contribution is 0.397. The van der Waals surface area contributed by atoms with Crippen LogP contribution >= 0.6 is 7.92 Å². The van der Waals surface area contributed by atoms with Crippen LogP contribution in [0.15, 0.2) is 42.5 Å². The minimum absolute atomic E-state index is 0.193. The minimum Gasteiger partial charge on any atom is -0.496 e. The lowest BCUT2D eigenvalue weighted by atomic mass is 10.0. The van der Waals surface area contributed by atoms with Crippen molar-refractivity contribution in [1.82, 2.24) is 0 Å². The van der Waals surface area contributed by atoms with Crippen molar-refractivity contribution < 1.29 is 9.47 Å². The zero-order valence-corrected chi connectivity index (χ0v) is 17.7. The number of benzene rings is 2. The Labute approximate surface area is 154 Å². The first kappa shape index (κ1) is 19.8. The van der Waals surface area contributed by atoms with Crippen molar-refractivity contribution in [2.75, 3.05) is 14.2 Å². The zero-order chi connectivity index (χ0) is 18.8. The van der Waals surface area contributed by atoms with Crippen LogP contribution < -0.4 is 14.8 Å². The molecule has 2 aromatic rings. The Kier molecular flexibility index (Phi) is 5.84. The molecule has 0 aliphatic carbocycles. The number of ether oxygens (including phenoxy) is 2. The van der Waals surface area contributed by atoms with Crippen molar-refractivity contribution in [2.24, 2.45) is 0 Å². The molecule has 0 spiro atoms. The molecule has 2 nitrogen and oxygen atoms in total. The summed E-state index contributed by atoms with van der Waals surface area (Å²) < 4.78 is 11.4. The van der Waals surface area contributed by atoms with Crippen molar-refractivity contribution in [2.45, 2.75) is 51.9 Å². The molecule has 0 aliphatic rings. The monoisotopic (exact) mass is 358 g/mol. The molecule has 2 aromatic carbocycles. The van der Waals surface area contributed by atoms with Gasteiger partial charge in [0, 0.05) is 0 Å². The van der Waals surface area contributed by atoms with Gasteiger partial charge in [-0.15, -0.1) is 0 Å². The van der Waals surface area contributed by atoms with Gasteiger partial charge in [0.2, 0.25) is 0 Å². The number of rotatable bonds is 4. The first-order valence-corrected chi connectivity index (χ1v) is 10.1. The van der Waals surface area contributed by atoms with E-state index >= 15 is 0 Å². The molecule has 0 atom stereocenters. The fraction of sp³-hybridized carbons (Fsp3) is 0.455. The highest BCUT2D eigenvalue weighted by molar-refractivity contribution is 7.68. The molecule has 0 radical (unpaired) electrons. The van der Waals surface area contributed by atoms with E-state index in [1.165, 1.54) is 10.9 Å². The molecular weight excluding hydrogens is 327 g/mol. The Balaban J connectivity index is 2.80. The molecule has 0 unspecified atom stereocenters. The van der Waals surface area contributed by atoms with E-state index < -0.39 is 7.92 Å². The highest BCUT2D eigenvalue weighted by Crippen LogP contribution is 2.60. The highest BCUT2D eigenvalue weighted by Gasteiger charge is 2.37. The second-order valence-corrected chi connectivity index (χ2v) is 12.1. The summed E-state index contributed by atoms with van der Waals surface area (Å²) in [5.41, 5.74) is 2.26. The van der Waals surface area contributed by atoms with Crippen LogP contribution in [0.3, 0.4) is 0 Å². The molecule has 0 N–H and O–H groups in total. The molecule has 25 heavy (non-hydrogen) atoms. The lowest BCUT2D eigenvalue weighted by Crippen LogP contribution is -2.31. The van der Waals surface area contributed by atoms with Gasteiger partial charge in [-0.05, 0) is 33.3 Å². The standard InChI is InChI=1S/C22H31O2P/c1-21(2,3)25(22(4,5)6)19-15-10-9-12-16(19)20-17(23-7)13-11-14-18(20)24-8/h9-15H,1-8H3. The summed E-state index contributed by atoms with van der Waals surface area (Å²) in [6, 6.07) is 14.7. The predicted octanol–water partition coefficient (Wildman–Crippen LogP) is 6.08. The molecule has 3 heteroatoms. The summed E-state index contributed by atoms with van der Waals surface area (Å²) in [7, 11) is 3.01. The predicted molar refractivity (Wildman–Crippen MR) is 111 cm³/mol. The van der Waals surface area contributed by atoms with E-state index in [4.69, 9.17) is 9.47 Å². The minimum atomic E-state index is -0.428. The van der Waals surface area contributed by atoms with Crippen LogP contribution in [0.2, 0.25) is 0 Å². The Morgan fingerprint density at radius 1 is 0.680 bits per heavy atom. The lowest BCUT2D eigenvalue weighted by Gasteiger charge is -2.42. The van der Waals surface area contributed by atoms with Gasteiger partial charge in [0.05, 0.1) is 19.8 Å². The Hall–Kier alpha value is -1.53. The maximum absolute atomic E-state index is 5.68. The van der Waals surface area contributed by atoms with Gasteiger partial charge in [0.15, 0.2) is 0 Å². The first-order chi connectivity index (χ1) is 11.6. The quantitative estimate of drug-likeness (QED) is 0.617. The second-order valence-electron chi connectivity index (χ2n) is 8.23. The maximum Gasteiger partial charge on any atom is 0.130 e. The second kappa shape index (κ2) is 7.38. The molecule has 0 saturated heterocycles. The van der Waals surface area contributed by atoms with Gasteiger partial charge < -0.3 is 9.47 Å². The topological polar surface area (TPSA) is 18.5 Å². The fourth-order valence-corrected chi connectivity index (χ4v) is 7.85. The number of hydrogen-bond acceptors (Lipinski definition) is 2. The van der Waals surface area contributed by atoms with Gasteiger partial charge in [-0.3, -0.25) is 0 Å². The van der Waals surface area contributed by atoms with Crippen molar-refractivity contribution in [3.05, 3.63) is 42.5 Å². The maximum atomic E-state index is 5.68. The van der Waals surface area contributed by atoms with E-state index in [0.717, 1.165) is 17.1 Å². The van der Waals surface area contributed by atoms with Crippen molar-refractivity contribution in [3.8, 4) is 22.6 Å². The molecule has 2 rings (SSSR count). The van der Waals surface area contributed by atoms with Gasteiger partial charge in [-0.2, -0.15) is 0 Å². The Bertz CT molecular complexity index is 687.